The third-order valence-electron chi connectivity index (χ3n) is 1.61. The van der Waals surface area contributed by atoms with Crippen LogP contribution in [0.3, 0.4) is 0 Å². The third-order valence-corrected chi connectivity index (χ3v) is 1.61. The van der Waals surface area contributed by atoms with Crippen molar-refractivity contribution in [3.8, 4) is 0 Å². The Labute approximate surface area is 67.5 Å². The normalized spacial score (nSPS) is 11.7. The molecule has 0 saturated heterocycles. The highest BCUT2D eigenvalue weighted by molar-refractivity contribution is 4.54. The van der Waals surface area contributed by atoms with Crippen molar-refractivity contribution in [3.63, 3.8) is 0 Å². The van der Waals surface area contributed by atoms with Crippen LogP contribution in [0.25, 0.3) is 0 Å². The Balaban J connectivity index is -0.000000196. The van der Waals surface area contributed by atoms with Crippen molar-refractivity contribution in [2.75, 3.05) is 6.54 Å². The van der Waals surface area contributed by atoms with Crippen LogP contribution in [0.4, 0.5) is 0 Å². The van der Waals surface area contributed by atoms with Gasteiger partial charge in [-0.25, -0.2) is 0 Å². The molecule has 0 rings (SSSR count). The largest absolute Gasteiger partial charge is 0.330 e. The van der Waals surface area contributed by atoms with E-state index in [1.54, 1.807) is 0 Å². The van der Waals surface area contributed by atoms with Crippen LogP contribution in [0.5, 0.6) is 0 Å². The zero-order chi connectivity index (χ0) is 8.41. The minimum absolute atomic E-state index is 0. The molecule has 0 aromatic rings. The summed E-state index contributed by atoms with van der Waals surface area (Å²) < 4.78 is 0. The molecule has 0 aliphatic carbocycles. The summed E-state index contributed by atoms with van der Waals surface area (Å²) >= 11 is 0. The molecule has 1 heteroatoms. The molecule has 10 heavy (non-hydrogen) atoms. The number of rotatable bonds is 4. The van der Waals surface area contributed by atoms with Gasteiger partial charge in [-0.05, 0) is 18.9 Å². The van der Waals surface area contributed by atoms with Gasteiger partial charge in [-0.3, -0.25) is 0 Å². The van der Waals surface area contributed by atoms with Crippen molar-refractivity contribution in [1.82, 2.24) is 0 Å². The molecule has 0 unspecified atom stereocenters. The Morgan fingerprint density at radius 3 is 1.90 bits per heavy atom. The highest BCUT2D eigenvalue weighted by Gasteiger charge is 1.99. The summed E-state index contributed by atoms with van der Waals surface area (Å²) in [6.45, 7) is 9.27. The Kier molecular flexibility index (Phi) is 14.8. The molecule has 2 N–H and O–H groups in total. The van der Waals surface area contributed by atoms with E-state index >= 15 is 0 Å². The van der Waals surface area contributed by atoms with E-state index in [1.165, 1.54) is 19.3 Å². The van der Waals surface area contributed by atoms with Crippen molar-refractivity contribution in [3.05, 3.63) is 0 Å². The van der Waals surface area contributed by atoms with Gasteiger partial charge in [0.2, 0.25) is 0 Å². The standard InChI is InChI=1S/C7H17N.C2H6.H2/c1-3-5-7(4-2)6-8;1-2;/h7H,3-6,8H2,1-2H3;1-2H3;1H/t7-;;/m1../s1. The Hall–Kier alpha value is -0.0400. The van der Waals surface area contributed by atoms with Crippen molar-refractivity contribution in [2.45, 2.75) is 47.0 Å². The van der Waals surface area contributed by atoms with E-state index in [2.05, 4.69) is 13.8 Å². The van der Waals surface area contributed by atoms with Gasteiger partial charge in [-0.1, -0.05) is 40.5 Å². The SMILES string of the molecule is CC.CCC[C@@H](CC)CN.[HH]. The second kappa shape index (κ2) is 11.7. The van der Waals surface area contributed by atoms with Crippen LogP contribution in [0.2, 0.25) is 0 Å². The summed E-state index contributed by atoms with van der Waals surface area (Å²) in [6, 6.07) is 0. The van der Waals surface area contributed by atoms with E-state index in [-0.39, 0.29) is 1.43 Å². The second-order valence-corrected chi connectivity index (χ2v) is 2.30. The quantitative estimate of drug-likeness (QED) is 0.650. The molecule has 0 aromatic heterocycles. The molecular formula is C9H25N. The lowest BCUT2D eigenvalue weighted by molar-refractivity contribution is 0.475. The van der Waals surface area contributed by atoms with Gasteiger partial charge in [0.1, 0.15) is 0 Å². The highest BCUT2D eigenvalue weighted by Crippen LogP contribution is 2.07. The maximum absolute atomic E-state index is 5.47. The van der Waals surface area contributed by atoms with Crippen LogP contribution in [0.1, 0.15) is 48.4 Å². The van der Waals surface area contributed by atoms with E-state index in [9.17, 15) is 0 Å². The average Bonchev–Trinajstić information content (AvgIpc) is 2.04. The van der Waals surface area contributed by atoms with Gasteiger partial charge in [0.15, 0.2) is 0 Å². The first-order valence-electron chi connectivity index (χ1n) is 4.55. The lowest BCUT2D eigenvalue weighted by Gasteiger charge is -2.08. The maximum Gasteiger partial charge on any atom is 0 e. The topological polar surface area (TPSA) is 26.0 Å². The van der Waals surface area contributed by atoms with Gasteiger partial charge in [0.05, 0.1) is 0 Å². The summed E-state index contributed by atoms with van der Waals surface area (Å²) in [5.74, 6) is 0.778. The fourth-order valence-corrected chi connectivity index (χ4v) is 0.897. The fourth-order valence-electron chi connectivity index (χ4n) is 0.897. The third kappa shape index (κ3) is 7.96. The number of hydrogen-bond donors (Lipinski definition) is 1. The molecule has 0 spiro atoms. The van der Waals surface area contributed by atoms with Crippen molar-refractivity contribution in [2.24, 2.45) is 11.7 Å². The van der Waals surface area contributed by atoms with E-state index < -0.39 is 0 Å². The Morgan fingerprint density at radius 1 is 1.30 bits per heavy atom. The lowest BCUT2D eigenvalue weighted by atomic mass is 10.0. The monoisotopic (exact) mass is 147 g/mol. The van der Waals surface area contributed by atoms with Crippen LogP contribution >= 0.6 is 0 Å². The molecule has 0 aromatic carbocycles. The first-order valence-corrected chi connectivity index (χ1v) is 4.55. The molecule has 66 valence electrons. The van der Waals surface area contributed by atoms with Gasteiger partial charge < -0.3 is 5.73 Å². The molecule has 0 radical (unpaired) electrons. The summed E-state index contributed by atoms with van der Waals surface area (Å²) in [6.07, 6.45) is 3.81. The summed E-state index contributed by atoms with van der Waals surface area (Å²) in [4.78, 5) is 0. The molecule has 0 amide bonds. The van der Waals surface area contributed by atoms with Crippen molar-refractivity contribution in [1.29, 1.82) is 0 Å². The second-order valence-electron chi connectivity index (χ2n) is 2.30. The van der Waals surface area contributed by atoms with Gasteiger partial charge in [-0.2, -0.15) is 0 Å². The predicted octanol–water partition coefficient (Wildman–Crippen LogP) is 3.04. The fraction of sp³-hybridized carbons (Fsp3) is 1.00. The maximum atomic E-state index is 5.47. The predicted molar refractivity (Wildman–Crippen MR) is 51.2 cm³/mol. The Bertz CT molecular complexity index is 44.8. The first kappa shape index (κ1) is 12.6. The lowest BCUT2D eigenvalue weighted by Crippen LogP contribution is -2.12. The van der Waals surface area contributed by atoms with Crippen LogP contribution in [0.15, 0.2) is 0 Å². The molecule has 1 nitrogen and oxygen atoms in total. The molecule has 0 bridgehead atoms. The molecule has 0 aliphatic rings. The summed E-state index contributed by atoms with van der Waals surface area (Å²) in [7, 11) is 0. The van der Waals surface area contributed by atoms with Crippen molar-refractivity contribution >= 4 is 0 Å². The number of nitrogens with two attached hydrogens (primary N) is 1. The summed E-state index contributed by atoms with van der Waals surface area (Å²) in [5, 5.41) is 0. The van der Waals surface area contributed by atoms with Crippen LogP contribution < -0.4 is 5.73 Å². The van der Waals surface area contributed by atoms with Gasteiger partial charge >= 0.3 is 0 Å². The van der Waals surface area contributed by atoms with Gasteiger partial charge in [0.25, 0.3) is 0 Å². The first-order chi connectivity index (χ1) is 4.85. The number of hydrogen-bond acceptors (Lipinski definition) is 1. The Morgan fingerprint density at radius 2 is 1.80 bits per heavy atom. The van der Waals surface area contributed by atoms with E-state index in [0.29, 0.717) is 0 Å². The minimum atomic E-state index is 0. The van der Waals surface area contributed by atoms with Crippen LogP contribution in [-0.4, -0.2) is 6.54 Å². The molecule has 0 heterocycles. The average molecular weight is 147 g/mol. The van der Waals surface area contributed by atoms with Gasteiger partial charge in [-0.15, -0.1) is 0 Å². The highest BCUT2D eigenvalue weighted by atomic mass is 14.5. The molecular weight excluding hydrogens is 122 g/mol. The smallest absolute Gasteiger partial charge is 0 e. The minimum Gasteiger partial charge on any atom is -0.330 e. The van der Waals surface area contributed by atoms with E-state index in [4.69, 9.17) is 5.73 Å². The molecule has 1 atom stereocenters. The van der Waals surface area contributed by atoms with E-state index in [0.717, 1.165) is 12.5 Å². The van der Waals surface area contributed by atoms with Crippen LogP contribution in [-0.2, 0) is 0 Å². The van der Waals surface area contributed by atoms with Crippen molar-refractivity contribution < 1.29 is 1.43 Å². The van der Waals surface area contributed by atoms with Crippen LogP contribution in [0, 0.1) is 5.92 Å². The zero-order valence-corrected chi connectivity index (χ0v) is 7.98. The molecule has 0 aliphatic heterocycles. The van der Waals surface area contributed by atoms with E-state index in [1.807, 2.05) is 13.8 Å². The molecule has 0 saturated carbocycles. The zero-order valence-electron chi connectivity index (χ0n) is 7.98. The molecule has 0 fully saturated rings. The van der Waals surface area contributed by atoms with Gasteiger partial charge in [0, 0.05) is 1.43 Å². The summed E-state index contributed by atoms with van der Waals surface area (Å²) in [5.41, 5.74) is 5.47.